The minimum atomic E-state index is -0.197. The van der Waals surface area contributed by atoms with Gasteiger partial charge < -0.3 is 10.1 Å². The van der Waals surface area contributed by atoms with Gasteiger partial charge in [0.1, 0.15) is 0 Å². The van der Waals surface area contributed by atoms with Gasteiger partial charge in [0, 0.05) is 12.6 Å². The molecule has 2 heterocycles. The Bertz CT molecular complexity index is 448. The first-order chi connectivity index (χ1) is 9.08. The van der Waals surface area contributed by atoms with Crippen LogP contribution in [0.5, 0.6) is 0 Å². The van der Waals surface area contributed by atoms with Crippen LogP contribution in [-0.4, -0.2) is 34.4 Å². The number of hydrogen-bond donors (Lipinski definition) is 1. The zero-order valence-corrected chi connectivity index (χ0v) is 12.7. The number of carbonyl (C=O) groups is 1. The third-order valence-corrected chi connectivity index (χ3v) is 4.73. The Morgan fingerprint density at radius 3 is 2.84 bits per heavy atom. The van der Waals surface area contributed by atoms with Gasteiger partial charge in [-0.05, 0) is 37.3 Å². The van der Waals surface area contributed by atoms with Crippen LogP contribution in [-0.2, 0) is 4.74 Å². The Morgan fingerprint density at radius 2 is 2.26 bits per heavy atom. The molecule has 0 saturated carbocycles. The third kappa shape index (κ3) is 3.43. The van der Waals surface area contributed by atoms with Crippen LogP contribution in [0, 0.1) is 0 Å². The number of nitrogens with one attached hydrogen (secondary N) is 1. The smallest absolute Gasteiger partial charge is 0.282 e. The largest absolute Gasteiger partial charge is 0.375 e. The van der Waals surface area contributed by atoms with E-state index >= 15 is 0 Å². The van der Waals surface area contributed by atoms with E-state index in [2.05, 4.69) is 29.4 Å². The summed E-state index contributed by atoms with van der Waals surface area (Å²) in [6.07, 6.45) is 3.60. The molecule has 0 bridgehead atoms. The van der Waals surface area contributed by atoms with Gasteiger partial charge in [0.15, 0.2) is 0 Å². The number of rotatable bonds is 4. The van der Waals surface area contributed by atoms with Gasteiger partial charge in [-0.25, -0.2) is 0 Å². The molecule has 1 aromatic heterocycles. The SMILES string of the molecule is CCC1(CC)CC(NC(=O)c2nnc(Cl)s2)CCO1. The summed E-state index contributed by atoms with van der Waals surface area (Å²) in [6.45, 7) is 4.93. The van der Waals surface area contributed by atoms with Crippen LogP contribution in [0.25, 0.3) is 0 Å². The van der Waals surface area contributed by atoms with Crippen LogP contribution < -0.4 is 5.32 Å². The first kappa shape index (κ1) is 14.7. The van der Waals surface area contributed by atoms with Crippen molar-refractivity contribution < 1.29 is 9.53 Å². The van der Waals surface area contributed by atoms with Crippen molar-refractivity contribution >= 4 is 28.8 Å². The van der Waals surface area contributed by atoms with Crippen molar-refractivity contribution in [1.82, 2.24) is 15.5 Å². The minimum Gasteiger partial charge on any atom is -0.375 e. The fraction of sp³-hybridized carbons (Fsp3) is 0.750. The molecule has 1 aromatic rings. The van der Waals surface area contributed by atoms with Crippen molar-refractivity contribution in [2.75, 3.05) is 6.61 Å². The van der Waals surface area contributed by atoms with E-state index in [-0.39, 0.29) is 22.0 Å². The van der Waals surface area contributed by atoms with Gasteiger partial charge in [-0.1, -0.05) is 25.2 Å². The van der Waals surface area contributed by atoms with Gasteiger partial charge in [-0.2, -0.15) is 0 Å². The summed E-state index contributed by atoms with van der Waals surface area (Å²) in [5, 5.41) is 10.7. The second kappa shape index (κ2) is 6.15. The van der Waals surface area contributed by atoms with E-state index in [1.54, 1.807) is 0 Å². The summed E-state index contributed by atoms with van der Waals surface area (Å²) in [4.78, 5) is 12.0. The number of hydrogen-bond acceptors (Lipinski definition) is 5. The molecule has 106 valence electrons. The molecule has 0 spiro atoms. The minimum absolute atomic E-state index is 0.102. The predicted octanol–water partition coefficient (Wildman–Crippen LogP) is 2.66. The highest BCUT2D eigenvalue weighted by Crippen LogP contribution is 2.31. The van der Waals surface area contributed by atoms with Crippen molar-refractivity contribution in [2.45, 2.75) is 51.2 Å². The van der Waals surface area contributed by atoms with Crippen LogP contribution in [0.3, 0.4) is 0 Å². The summed E-state index contributed by atoms with van der Waals surface area (Å²) in [6, 6.07) is 0.129. The molecule has 2 rings (SSSR count). The Labute approximate surface area is 121 Å². The maximum Gasteiger partial charge on any atom is 0.282 e. The van der Waals surface area contributed by atoms with E-state index in [4.69, 9.17) is 16.3 Å². The van der Waals surface area contributed by atoms with Crippen LogP contribution in [0.1, 0.15) is 49.3 Å². The van der Waals surface area contributed by atoms with E-state index < -0.39 is 0 Å². The molecule has 1 unspecified atom stereocenters. The Hall–Kier alpha value is -0.720. The predicted molar refractivity (Wildman–Crippen MR) is 74.7 cm³/mol. The van der Waals surface area contributed by atoms with Gasteiger partial charge in [0.25, 0.3) is 5.91 Å². The normalized spacial score (nSPS) is 22.2. The molecular formula is C12H18ClN3O2S. The van der Waals surface area contributed by atoms with Crippen molar-refractivity contribution in [3.05, 3.63) is 9.47 Å². The second-order valence-corrected chi connectivity index (χ2v) is 6.32. The molecule has 1 fully saturated rings. The molecule has 1 aliphatic heterocycles. The fourth-order valence-corrected chi connectivity index (χ4v) is 3.17. The van der Waals surface area contributed by atoms with Gasteiger partial charge in [0.2, 0.25) is 9.47 Å². The molecule has 1 amide bonds. The number of aromatic nitrogens is 2. The first-order valence-electron chi connectivity index (χ1n) is 6.52. The number of ether oxygens (including phenoxy) is 1. The van der Waals surface area contributed by atoms with Crippen LogP contribution in [0.4, 0.5) is 0 Å². The quantitative estimate of drug-likeness (QED) is 0.929. The lowest BCUT2D eigenvalue weighted by atomic mass is 9.86. The van der Waals surface area contributed by atoms with E-state index in [0.717, 1.165) is 37.0 Å². The van der Waals surface area contributed by atoms with Gasteiger partial charge in [0.05, 0.1) is 5.60 Å². The average molecular weight is 304 g/mol. The lowest BCUT2D eigenvalue weighted by Crippen LogP contribution is -2.48. The van der Waals surface area contributed by atoms with Gasteiger partial charge in [-0.15, -0.1) is 10.2 Å². The van der Waals surface area contributed by atoms with Gasteiger partial charge >= 0.3 is 0 Å². The highest BCUT2D eigenvalue weighted by molar-refractivity contribution is 7.17. The monoisotopic (exact) mass is 303 g/mol. The maximum absolute atomic E-state index is 12.0. The van der Waals surface area contributed by atoms with Crippen LogP contribution >= 0.6 is 22.9 Å². The van der Waals surface area contributed by atoms with E-state index in [0.29, 0.717) is 11.6 Å². The summed E-state index contributed by atoms with van der Waals surface area (Å²) >= 11 is 6.78. The molecule has 1 aliphatic rings. The molecule has 19 heavy (non-hydrogen) atoms. The number of carbonyl (C=O) groups excluding carboxylic acids is 1. The van der Waals surface area contributed by atoms with E-state index in [1.807, 2.05) is 0 Å². The van der Waals surface area contributed by atoms with Crippen LogP contribution in [0.2, 0.25) is 4.47 Å². The zero-order valence-electron chi connectivity index (χ0n) is 11.1. The maximum atomic E-state index is 12.0. The molecule has 0 aromatic carbocycles. The fourth-order valence-electron chi connectivity index (χ4n) is 2.44. The van der Waals surface area contributed by atoms with E-state index in [9.17, 15) is 4.79 Å². The highest BCUT2D eigenvalue weighted by Gasteiger charge is 2.35. The highest BCUT2D eigenvalue weighted by atomic mass is 35.5. The third-order valence-electron chi connectivity index (χ3n) is 3.71. The number of amides is 1. The topological polar surface area (TPSA) is 64.1 Å². The summed E-state index contributed by atoms with van der Waals surface area (Å²) < 4.78 is 6.17. The van der Waals surface area contributed by atoms with Gasteiger partial charge in [-0.3, -0.25) is 4.79 Å². The first-order valence-corrected chi connectivity index (χ1v) is 7.72. The molecule has 1 N–H and O–H groups in total. The standard InChI is InChI=1S/C12H18ClN3O2S/c1-3-12(4-2)7-8(5-6-18-12)14-9(17)10-15-16-11(13)19-10/h8H,3-7H2,1-2H3,(H,14,17). The van der Waals surface area contributed by atoms with Crippen molar-refractivity contribution in [1.29, 1.82) is 0 Å². The van der Waals surface area contributed by atoms with Crippen LogP contribution in [0.15, 0.2) is 0 Å². The second-order valence-electron chi connectivity index (χ2n) is 4.76. The summed E-state index contributed by atoms with van der Waals surface area (Å²) in [5.41, 5.74) is -0.102. The zero-order chi connectivity index (χ0) is 13.9. The van der Waals surface area contributed by atoms with Crippen molar-refractivity contribution in [3.8, 4) is 0 Å². The molecule has 0 aliphatic carbocycles. The van der Waals surface area contributed by atoms with Crippen molar-refractivity contribution in [2.24, 2.45) is 0 Å². The van der Waals surface area contributed by atoms with Crippen molar-refractivity contribution in [3.63, 3.8) is 0 Å². The molecule has 1 saturated heterocycles. The lowest BCUT2D eigenvalue weighted by molar-refractivity contribution is -0.0917. The number of halogens is 1. The molecule has 1 atom stereocenters. The number of nitrogens with zero attached hydrogens (tertiary/aromatic N) is 2. The Balaban J connectivity index is 1.97. The average Bonchev–Trinajstić information content (AvgIpc) is 2.85. The molecule has 7 heteroatoms. The Kier molecular flexibility index (Phi) is 4.76. The summed E-state index contributed by atoms with van der Waals surface area (Å²) in [5.74, 6) is -0.197. The molecule has 5 nitrogen and oxygen atoms in total. The van der Waals surface area contributed by atoms with E-state index in [1.165, 1.54) is 0 Å². The molecule has 0 radical (unpaired) electrons. The summed E-state index contributed by atoms with van der Waals surface area (Å²) in [7, 11) is 0. The molecular weight excluding hydrogens is 286 g/mol. The Morgan fingerprint density at radius 1 is 1.53 bits per heavy atom. The lowest BCUT2D eigenvalue weighted by Gasteiger charge is -2.40.